The van der Waals surface area contributed by atoms with Crippen LogP contribution in [0.2, 0.25) is 0 Å². The van der Waals surface area contributed by atoms with Crippen molar-refractivity contribution in [3.8, 4) is 0 Å². The predicted molar refractivity (Wildman–Crippen MR) is 48.6 cm³/mol. The molecular formula is C9H14N2O2. The smallest absolute Gasteiger partial charge is 0.137 e. The molecule has 3 atom stereocenters. The monoisotopic (exact) mass is 182 g/mol. The van der Waals surface area contributed by atoms with Crippen LogP contribution < -0.4 is 5.32 Å². The van der Waals surface area contributed by atoms with E-state index in [0.29, 0.717) is 6.04 Å². The molecule has 0 amide bonds. The van der Waals surface area contributed by atoms with Gasteiger partial charge in [0, 0.05) is 18.4 Å². The van der Waals surface area contributed by atoms with Crippen LogP contribution in [-0.2, 0) is 9.63 Å². The molecule has 4 nitrogen and oxygen atoms in total. The molecule has 0 radical (unpaired) electrons. The first kappa shape index (κ1) is 8.69. The molecule has 3 fully saturated rings. The van der Waals surface area contributed by atoms with E-state index in [-0.39, 0.29) is 12.0 Å². The standard InChI is InChI=1S/C9H14N2O2/c1-13-11-8-4-6-2-3-7(8)9(5-12)10-6/h5-7,9-10H,2-4H2,1H3/b11-8+/t6-,7+,9+/m0/s1. The molecule has 0 unspecified atom stereocenters. The number of hydrogen-bond donors (Lipinski definition) is 1. The summed E-state index contributed by atoms with van der Waals surface area (Å²) in [7, 11) is 1.55. The van der Waals surface area contributed by atoms with Crippen LogP contribution in [0.1, 0.15) is 19.3 Å². The summed E-state index contributed by atoms with van der Waals surface area (Å²) < 4.78 is 0. The van der Waals surface area contributed by atoms with Gasteiger partial charge >= 0.3 is 0 Å². The maximum Gasteiger partial charge on any atom is 0.137 e. The second-order valence-electron chi connectivity index (χ2n) is 3.68. The van der Waals surface area contributed by atoms with E-state index in [1.165, 1.54) is 0 Å². The van der Waals surface area contributed by atoms with E-state index < -0.39 is 0 Å². The fraction of sp³-hybridized carbons (Fsp3) is 0.778. The van der Waals surface area contributed by atoms with Crippen molar-refractivity contribution in [2.45, 2.75) is 31.3 Å². The molecule has 1 N–H and O–H groups in total. The van der Waals surface area contributed by atoms with Crippen molar-refractivity contribution in [1.29, 1.82) is 0 Å². The van der Waals surface area contributed by atoms with Gasteiger partial charge in [0.15, 0.2) is 0 Å². The fourth-order valence-corrected chi connectivity index (χ4v) is 2.33. The Morgan fingerprint density at radius 1 is 1.62 bits per heavy atom. The minimum Gasteiger partial charge on any atom is -0.399 e. The van der Waals surface area contributed by atoms with Crippen LogP contribution in [-0.4, -0.2) is 31.2 Å². The Kier molecular flexibility index (Phi) is 2.31. The second-order valence-corrected chi connectivity index (χ2v) is 3.68. The average Bonchev–Trinajstić information content (AvgIpc) is 2.19. The highest BCUT2D eigenvalue weighted by atomic mass is 16.6. The van der Waals surface area contributed by atoms with E-state index in [4.69, 9.17) is 4.84 Å². The molecule has 1 saturated carbocycles. The average molecular weight is 182 g/mol. The van der Waals surface area contributed by atoms with Crippen molar-refractivity contribution in [3.05, 3.63) is 0 Å². The van der Waals surface area contributed by atoms with Crippen molar-refractivity contribution < 1.29 is 9.63 Å². The van der Waals surface area contributed by atoms with Crippen LogP contribution in [0.3, 0.4) is 0 Å². The molecule has 0 aromatic carbocycles. The highest BCUT2D eigenvalue weighted by Crippen LogP contribution is 2.30. The van der Waals surface area contributed by atoms with E-state index in [9.17, 15) is 4.79 Å². The van der Waals surface area contributed by atoms with E-state index in [2.05, 4.69) is 10.5 Å². The summed E-state index contributed by atoms with van der Waals surface area (Å²) >= 11 is 0. The Hall–Kier alpha value is -0.900. The van der Waals surface area contributed by atoms with Crippen LogP contribution >= 0.6 is 0 Å². The van der Waals surface area contributed by atoms with Crippen LogP contribution in [0.15, 0.2) is 5.16 Å². The third-order valence-electron chi connectivity index (χ3n) is 2.93. The number of aldehydes is 1. The first-order valence-electron chi connectivity index (χ1n) is 4.66. The van der Waals surface area contributed by atoms with Gasteiger partial charge in [-0.15, -0.1) is 0 Å². The molecule has 13 heavy (non-hydrogen) atoms. The molecule has 4 heteroatoms. The lowest BCUT2D eigenvalue weighted by Gasteiger charge is -2.41. The van der Waals surface area contributed by atoms with Gasteiger partial charge in [0.25, 0.3) is 0 Å². The summed E-state index contributed by atoms with van der Waals surface area (Å²) in [5, 5.41) is 7.27. The number of hydrogen-bond acceptors (Lipinski definition) is 4. The maximum absolute atomic E-state index is 10.7. The highest BCUT2D eigenvalue weighted by molar-refractivity contribution is 5.92. The molecule has 2 heterocycles. The number of rotatable bonds is 2. The summed E-state index contributed by atoms with van der Waals surface area (Å²) in [6.07, 6.45) is 4.13. The molecule has 2 aliphatic heterocycles. The van der Waals surface area contributed by atoms with Crippen LogP contribution in [0.4, 0.5) is 0 Å². The van der Waals surface area contributed by atoms with Gasteiger partial charge in [-0.3, -0.25) is 0 Å². The summed E-state index contributed by atoms with van der Waals surface area (Å²) in [5.41, 5.74) is 1.05. The van der Waals surface area contributed by atoms with E-state index in [1.807, 2.05) is 0 Å². The molecule has 2 bridgehead atoms. The van der Waals surface area contributed by atoms with Gasteiger partial charge in [-0.1, -0.05) is 5.16 Å². The quantitative estimate of drug-likeness (QED) is 0.494. The van der Waals surface area contributed by atoms with Crippen LogP contribution in [0.25, 0.3) is 0 Å². The van der Waals surface area contributed by atoms with Crippen molar-refractivity contribution in [2.24, 2.45) is 11.1 Å². The minimum atomic E-state index is -0.0404. The molecule has 0 spiro atoms. The Morgan fingerprint density at radius 2 is 2.46 bits per heavy atom. The number of carbonyl (C=O) groups excluding carboxylic acids is 1. The number of oxime groups is 1. The molecular weight excluding hydrogens is 168 g/mol. The number of nitrogens with one attached hydrogen (secondary N) is 1. The molecule has 0 aromatic heterocycles. The van der Waals surface area contributed by atoms with Crippen molar-refractivity contribution in [3.63, 3.8) is 0 Å². The van der Waals surface area contributed by atoms with Gasteiger partial charge < -0.3 is 14.9 Å². The zero-order valence-electron chi connectivity index (χ0n) is 7.69. The topological polar surface area (TPSA) is 50.7 Å². The Bertz CT molecular complexity index is 240. The SMILES string of the molecule is CO/N=C1\C[C@@H]2CC[C@H]1[C@@H](C=O)N2. The summed E-state index contributed by atoms with van der Waals surface area (Å²) in [6.45, 7) is 0. The van der Waals surface area contributed by atoms with Gasteiger partial charge in [0.2, 0.25) is 0 Å². The lowest BCUT2D eigenvalue weighted by atomic mass is 9.75. The van der Waals surface area contributed by atoms with Gasteiger partial charge in [0.05, 0.1) is 11.8 Å². The zero-order valence-corrected chi connectivity index (χ0v) is 7.69. The Labute approximate surface area is 77.3 Å². The third kappa shape index (κ3) is 1.46. The van der Waals surface area contributed by atoms with Crippen molar-refractivity contribution >= 4 is 12.0 Å². The Balaban J connectivity index is 2.17. The van der Waals surface area contributed by atoms with Gasteiger partial charge in [-0.05, 0) is 12.8 Å². The Morgan fingerprint density at radius 3 is 3.08 bits per heavy atom. The summed E-state index contributed by atoms with van der Waals surface area (Å²) in [6, 6.07) is 0.385. The normalized spacial score (nSPS) is 40.7. The van der Waals surface area contributed by atoms with Crippen LogP contribution in [0, 0.1) is 5.92 Å². The summed E-state index contributed by atoms with van der Waals surface area (Å²) in [5.74, 6) is 0.266. The van der Waals surface area contributed by atoms with E-state index >= 15 is 0 Å². The van der Waals surface area contributed by atoms with Crippen LogP contribution in [0.5, 0.6) is 0 Å². The molecule has 72 valence electrons. The molecule has 0 aromatic rings. The van der Waals surface area contributed by atoms with Crippen molar-refractivity contribution in [1.82, 2.24) is 5.32 Å². The molecule has 3 rings (SSSR count). The van der Waals surface area contributed by atoms with E-state index in [0.717, 1.165) is 31.3 Å². The lowest BCUT2D eigenvalue weighted by molar-refractivity contribution is -0.111. The van der Waals surface area contributed by atoms with Gasteiger partial charge in [-0.2, -0.15) is 0 Å². The highest BCUT2D eigenvalue weighted by Gasteiger charge is 2.39. The second kappa shape index (κ2) is 3.46. The summed E-state index contributed by atoms with van der Waals surface area (Å²) in [4.78, 5) is 15.5. The van der Waals surface area contributed by atoms with Gasteiger partial charge in [-0.25, -0.2) is 0 Å². The fourth-order valence-electron chi connectivity index (χ4n) is 2.33. The largest absolute Gasteiger partial charge is 0.399 e. The first-order chi connectivity index (χ1) is 6.35. The maximum atomic E-state index is 10.7. The molecule has 2 saturated heterocycles. The zero-order chi connectivity index (χ0) is 9.26. The number of carbonyl (C=O) groups is 1. The predicted octanol–water partition coefficient (Wildman–Crippen LogP) is 0.328. The number of piperidine rings is 2. The number of nitrogens with zero attached hydrogens (tertiary/aromatic N) is 1. The molecule has 3 aliphatic rings. The lowest BCUT2D eigenvalue weighted by Crippen LogP contribution is -2.57. The number of fused-ring (bicyclic) bond motifs is 3. The minimum absolute atomic E-state index is 0.0404. The van der Waals surface area contributed by atoms with Gasteiger partial charge in [0.1, 0.15) is 13.4 Å². The van der Waals surface area contributed by atoms with E-state index in [1.54, 1.807) is 7.11 Å². The third-order valence-corrected chi connectivity index (χ3v) is 2.93. The first-order valence-corrected chi connectivity index (χ1v) is 4.66. The van der Waals surface area contributed by atoms with Crippen molar-refractivity contribution in [2.75, 3.05) is 7.11 Å². The molecule has 1 aliphatic carbocycles.